The average Bonchev–Trinajstić information content (AvgIpc) is 2.84. The first-order valence-corrected chi connectivity index (χ1v) is 11.8. The maximum atomic E-state index is 9.39. The van der Waals surface area contributed by atoms with E-state index in [0.717, 1.165) is 38.6 Å². The van der Waals surface area contributed by atoms with E-state index < -0.39 is 6.29 Å². The quantitative estimate of drug-likeness (QED) is 0.354. The summed E-state index contributed by atoms with van der Waals surface area (Å²) in [5.41, 5.74) is 16.7. The normalized spacial score (nSPS) is 23.2. The molecule has 1 fully saturated rings. The molecule has 0 bridgehead atoms. The Morgan fingerprint density at radius 2 is 1.53 bits per heavy atom. The standard InChI is InChI=1S/C26H30N2O3S/c1-17-23(16-32-24-5-3-2-4-22(24)28)30-26(21-12-6-18(14-27)7-13-21)31-25(17)20-10-8-19(15-29)9-11-20/h2-13,17,23,25-26,29H,14-16,27-28H2,1H3/t17-,23+,25+,26?/m0/s1. The van der Waals surface area contributed by atoms with Gasteiger partial charge < -0.3 is 26.0 Å². The number of aliphatic hydroxyl groups excluding tert-OH is 1. The third-order valence-corrected chi connectivity index (χ3v) is 7.11. The second kappa shape index (κ2) is 10.5. The van der Waals surface area contributed by atoms with E-state index >= 15 is 0 Å². The Kier molecular flexibility index (Phi) is 7.50. The van der Waals surface area contributed by atoms with Gasteiger partial charge in [0.1, 0.15) is 0 Å². The predicted molar refractivity (Wildman–Crippen MR) is 129 cm³/mol. The fourth-order valence-electron chi connectivity index (χ4n) is 3.90. The first-order chi connectivity index (χ1) is 15.6. The minimum Gasteiger partial charge on any atom is -0.398 e. The van der Waals surface area contributed by atoms with E-state index in [-0.39, 0.29) is 24.7 Å². The number of ether oxygens (including phenoxy) is 2. The van der Waals surface area contributed by atoms with Crippen molar-refractivity contribution >= 4 is 17.4 Å². The molecule has 32 heavy (non-hydrogen) atoms. The zero-order chi connectivity index (χ0) is 22.5. The van der Waals surface area contributed by atoms with E-state index in [4.69, 9.17) is 20.9 Å². The molecular formula is C26H30N2O3S. The van der Waals surface area contributed by atoms with Crippen molar-refractivity contribution in [3.05, 3.63) is 95.1 Å². The number of hydrogen-bond donors (Lipinski definition) is 3. The highest BCUT2D eigenvalue weighted by atomic mass is 32.2. The van der Waals surface area contributed by atoms with E-state index in [1.165, 1.54) is 0 Å². The van der Waals surface area contributed by atoms with Crippen LogP contribution in [-0.4, -0.2) is 17.0 Å². The van der Waals surface area contributed by atoms with Gasteiger partial charge in [-0.3, -0.25) is 0 Å². The van der Waals surface area contributed by atoms with Gasteiger partial charge in [0.25, 0.3) is 0 Å². The van der Waals surface area contributed by atoms with E-state index in [2.05, 4.69) is 6.92 Å². The fraction of sp³-hybridized carbons (Fsp3) is 0.308. The molecule has 5 N–H and O–H groups in total. The molecule has 3 aromatic rings. The summed E-state index contributed by atoms with van der Waals surface area (Å²) in [5.74, 6) is 0.897. The van der Waals surface area contributed by atoms with E-state index in [1.807, 2.05) is 72.8 Å². The van der Waals surface area contributed by atoms with Crippen LogP contribution in [0, 0.1) is 5.92 Å². The van der Waals surface area contributed by atoms with Crippen LogP contribution in [0.25, 0.3) is 0 Å². The van der Waals surface area contributed by atoms with Gasteiger partial charge in [-0.05, 0) is 28.8 Å². The number of nitrogen functional groups attached to an aromatic ring is 1. The molecule has 0 saturated carbocycles. The lowest BCUT2D eigenvalue weighted by Crippen LogP contribution is -2.38. The Labute approximate surface area is 193 Å². The van der Waals surface area contributed by atoms with Gasteiger partial charge in [-0.15, -0.1) is 11.8 Å². The summed E-state index contributed by atoms with van der Waals surface area (Å²) < 4.78 is 12.9. The number of anilines is 1. The van der Waals surface area contributed by atoms with Crippen molar-refractivity contribution < 1.29 is 14.6 Å². The van der Waals surface area contributed by atoms with Gasteiger partial charge >= 0.3 is 0 Å². The molecule has 4 atom stereocenters. The molecule has 1 saturated heterocycles. The van der Waals surface area contributed by atoms with Gasteiger partial charge in [0.2, 0.25) is 0 Å². The molecular weight excluding hydrogens is 420 g/mol. The fourth-order valence-corrected chi connectivity index (χ4v) is 5.04. The van der Waals surface area contributed by atoms with E-state index in [0.29, 0.717) is 6.54 Å². The second-order valence-electron chi connectivity index (χ2n) is 8.12. The molecule has 1 aliphatic heterocycles. The van der Waals surface area contributed by atoms with Crippen LogP contribution in [0.4, 0.5) is 5.69 Å². The summed E-state index contributed by atoms with van der Waals surface area (Å²) >= 11 is 1.71. The Bertz CT molecular complexity index is 1010. The summed E-state index contributed by atoms with van der Waals surface area (Å²) in [6.45, 7) is 2.69. The molecule has 168 valence electrons. The summed E-state index contributed by atoms with van der Waals surface area (Å²) in [6, 6.07) is 23.9. The molecule has 0 amide bonds. The Hall–Kier alpha value is -2.35. The summed E-state index contributed by atoms with van der Waals surface area (Å²) in [6.07, 6.45) is -0.635. The van der Waals surface area contributed by atoms with Crippen molar-refractivity contribution in [1.29, 1.82) is 0 Å². The van der Waals surface area contributed by atoms with Crippen LogP contribution in [0.3, 0.4) is 0 Å². The number of thioether (sulfide) groups is 1. The molecule has 1 unspecified atom stereocenters. The van der Waals surface area contributed by atoms with Crippen molar-refractivity contribution in [2.45, 2.75) is 43.5 Å². The third-order valence-electron chi connectivity index (χ3n) is 5.93. The number of nitrogens with two attached hydrogens (primary N) is 2. The van der Waals surface area contributed by atoms with Crippen LogP contribution < -0.4 is 11.5 Å². The van der Waals surface area contributed by atoms with Crippen molar-refractivity contribution in [3.63, 3.8) is 0 Å². The Morgan fingerprint density at radius 3 is 2.19 bits per heavy atom. The number of rotatable bonds is 7. The van der Waals surface area contributed by atoms with Gasteiger partial charge in [-0.1, -0.05) is 67.6 Å². The van der Waals surface area contributed by atoms with Crippen LogP contribution in [0.15, 0.2) is 77.7 Å². The van der Waals surface area contributed by atoms with Gasteiger partial charge in [-0.25, -0.2) is 0 Å². The molecule has 3 aromatic carbocycles. The van der Waals surface area contributed by atoms with Crippen LogP contribution in [-0.2, 0) is 22.6 Å². The van der Waals surface area contributed by atoms with Gasteiger partial charge in [0, 0.05) is 34.4 Å². The summed E-state index contributed by atoms with van der Waals surface area (Å²) in [4.78, 5) is 1.06. The highest BCUT2D eigenvalue weighted by Crippen LogP contribution is 2.43. The van der Waals surface area contributed by atoms with Crippen molar-refractivity contribution in [3.8, 4) is 0 Å². The van der Waals surface area contributed by atoms with E-state index in [1.54, 1.807) is 11.8 Å². The molecule has 4 rings (SSSR count). The van der Waals surface area contributed by atoms with Crippen LogP contribution in [0.5, 0.6) is 0 Å². The van der Waals surface area contributed by atoms with Crippen molar-refractivity contribution in [2.75, 3.05) is 11.5 Å². The Morgan fingerprint density at radius 1 is 0.875 bits per heavy atom. The van der Waals surface area contributed by atoms with Crippen LogP contribution in [0.2, 0.25) is 0 Å². The van der Waals surface area contributed by atoms with Crippen LogP contribution in [0.1, 0.15) is 41.6 Å². The predicted octanol–water partition coefficient (Wildman–Crippen LogP) is 4.80. The monoisotopic (exact) mass is 450 g/mol. The smallest absolute Gasteiger partial charge is 0.184 e. The summed E-state index contributed by atoms with van der Waals surface area (Å²) in [7, 11) is 0. The van der Waals surface area contributed by atoms with Gasteiger partial charge in [0.05, 0.1) is 18.8 Å². The molecule has 5 nitrogen and oxygen atoms in total. The molecule has 0 aromatic heterocycles. The highest BCUT2D eigenvalue weighted by Gasteiger charge is 2.38. The van der Waals surface area contributed by atoms with Gasteiger partial charge in [0.15, 0.2) is 6.29 Å². The maximum absolute atomic E-state index is 9.39. The lowest BCUT2D eigenvalue weighted by Gasteiger charge is -2.41. The average molecular weight is 451 g/mol. The molecule has 1 heterocycles. The largest absolute Gasteiger partial charge is 0.398 e. The number of para-hydroxylation sites is 1. The number of aliphatic hydroxyl groups is 1. The zero-order valence-electron chi connectivity index (χ0n) is 18.2. The number of hydrogen-bond acceptors (Lipinski definition) is 6. The number of benzene rings is 3. The van der Waals surface area contributed by atoms with Crippen molar-refractivity contribution in [1.82, 2.24) is 0 Å². The SMILES string of the molecule is C[C@H]1[C@@H](CSc2ccccc2N)OC(c2ccc(CN)cc2)O[C@H]1c1ccc(CO)cc1. The molecule has 6 heteroatoms. The van der Waals surface area contributed by atoms with Crippen molar-refractivity contribution in [2.24, 2.45) is 11.7 Å². The Balaban J connectivity index is 1.59. The zero-order valence-corrected chi connectivity index (χ0v) is 19.0. The lowest BCUT2D eigenvalue weighted by atomic mass is 9.91. The van der Waals surface area contributed by atoms with E-state index in [9.17, 15) is 5.11 Å². The minimum absolute atomic E-state index is 0.0261. The highest BCUT2D eigenvalue weighted by molar-refractivity contribution is 7.99. The lowest BCUT2D eigenvalue weighted by molar-refractivity contribution is -0.268. The molecule has 0 aliphatic carbocycles. The third kappa shape index (κ3) is 5.17. The summed E-state index contributed by atoms with van der Waals surface area (Å²) in [5, 5.41) is 9.39. The first-order valence-electron chi connectivity index (χ1n) is 10.9. The molecule has 0 spiro atoms. The topological polar surface area (TPSA) is 90.7 Å². The molecule has 0 radical (unpaired) electrons. The molecule has 1 aliphatic rings. The second-order valence-corrected chi connectivity index (χ2v) is 9.18. The van der Waals surface area contributed by atoms with Gasteiger partial charge in [-0.2, -0.15) is 0 Å². The minimum atomic E-state index is -0.473. The first kappa shape index (κ1) is 22.8. The maximum Gasteiger partial charge on any atom is 0.184 e. The van der Waals surface area contributed by atoms with Crippen LogP contribution >= 0.6 is 11.8 Å².